The second-order valence-electron chi connectivity index (χ2n) is 11.8. The molecule has 0 radical (unpaired) electrons. The Morgan fingerprint density at radius 3 is 2.38 bits per heavy atom. The van der Waals surface area contributed by atoms with E-state index in [4.69, 9.17) is 14.2 Å². The van der Waals surface area contributed by atoms with Crippen molar-refractivity contribution in [1.82, 2.24) is 4.57 Å². The summed E-state index contributed by atoms with van der Waals surface area (Å²) >= 11 is 0. The van der Waals surface area contributed by atoms with Gasteiger partial charge in [-0.1, -0.05) is 30.3 Å². The summed E-state index contributed by atoms with van der Waals surface area (Å²) in [6, 6.07) is 15.4. The van der Waals surface area contributed by atoms with E-state index in [1.807, 2.05) is 46.8 Å². The van der Waals surface area contributed by atoms with Gasteiger partial charge in [0.2, 0.25) is 0 Å². The van der Waals surface area contributed by atoms with E-state index in [2.05, 4.69) is 42.7 Å². The molecule has 1 aliphatic rings. The Morgan fingerprint density at radius 2 is 1.73 bits per heavy atom. The van der Waals surface area contributed by atoms with Gasteiger partial charge in [-0.3, -0.25) is 4.79 Å². The highest BCUT2D eigenvalue weighted by molar-refractivity contribution is 5.98. The predicted molar refractivity (Wildman–Crippen MR) is 145 cm³/mol. The Kier molecular flexibility index (Phi) is 7.82. The quantitative estimate of drug-likeness (QED) is 0.308. The van der Waals surface area contributed by atoms with E-state index in [1.54, 1.807) is 0 Å². The van der Waals surface area contributed by atoms with Gasteiger partial charge < -0.3 is 18.8 Å². The maximum atomic E-state index is 13.8. The van der Waals surface area contributed by atoms with Crippen molar-refractivity contribution < 1.29 is 23.4 Å². The maximum Gasteiger partial charge on any atom is 0.308 e. The van der Waals surface area contributed by atoms with Crippen molar-refractivity contribution in [2.75, 3.05) is 0 Å². The van der Waals surface area contributed by atoms with Crippen LogP contribution in [-0.4, -0.2) is 34.1 Å². The van der Waals surface area contributed by atoms with E-state index in [0.29, 0.717) is 6.42 Å². The Hall–Kier alpha value is -2.70. The number of hydrogen-bond donors (Lipinski definition) is 0. The molecule has 0 aliphatic carbocycles. The number of hydrogen-bond acceptors (Lipinski definition) is 4. The highest BCUT2D eigenvalue weighted by Crippen LogP contribution is 2.39. The molecule has 5 nitrogen and oxygen atoms in total. The minimum atomic E-state index is -0.792. The fourth-order valence-electron chi connectivity index (χ4n) is 5.48. The largest absolute Gasteiger partial charge is 0.460 e. The van der Waals surface area contributed by atoms with Crippen molar-refractivity contribution in [2.45, 2.75) is 104 Å². The van der Waals surface area contributed by atoms with Crippen molar-refractivity contribution in [1.29, 1.82) is 0 Å². The number of halogens is 1. The van der Waals surface area contributed by atoms with Gasteiger partial charge in [-0.15, -0.1) is 0 Å². The zero-order valence-electron chi connectivity index (χ0n) is 23.1. The van der Waals surface area contributed by atoms with Gasteiger partial charge in [0.15, 0.2) is 5.79 Å². The first kappa shape index (κ1) is 27.3. The predicted octanol–water partition coefficient (Wildman–Crippen LogP) is 7.60. The zero-order valence-corrected chi connectivity index (χ0v) is 23.1. The molecule has 0 saturated carbocycles. The van der Waals surface area contributed by atoms with Crippen LogP contribution in [0.5, 0.6) is 0 Å². The van der Waals surface area contributed by atoms with Gasteiger partial charge in [0.05, 0.1) is 18.6 Å². The standard InChI is InChI=1S/C31H40FNO4/c1-20(2)33-26-11-9-8-10-25(26)29(21-12-14-22(32)15-13-21)27(33)17-16-23-18-24(36-31(6,7)35-23)19-28(34)37-30(3,4)5/h8-15,20,23-24H,16-19H2,1-7H3/t23-,24-/m1/s1. The number of nitrogens with zero attached hydrogens (tertiary/aromatic N) is 1. The lowest BCUT2D eigenvalue weighted by molar-refractivity contribution is -0.300. The molecule has 2 heterocycles. The van der Waals surface area contributed by atoms with Crippen molar-refractivity contribution in [2.24, 2.45) is 0 Å². The number of carbonyl (C=O) groups excluding carboxylic acids is 1. The van der Waals surface area contributed by atoms with Crippen molar-refractivity contribution in [3.05, 3.63) is 60.0 Å². The van der Waals surface area contributed by atoms with E-state index in [9.17, 15) is 9.18 Å². The van der Waals surface area contributed by atoms with Crippen LogP contribution in [-0.2, 0) is 25.4 Å². The van der Waals surface area contributed by atoms with Crippen LogP contribution in [0.25, 0.3) is 22.0 Å². The van der Waals surface area contributed by atoms with Gasteiger partial charge in [0.1, 0.15) is 11.4 Å². The van der Waals surface area contributed by atoms with Crippen LogP contribution in [0.1, 0.15) is 79.5 Å². The number of esters is 1. The fraction of sp³-hybridized carbons (Fsp3) is 0.516. The minimum Gasteiger partial charge on any atom is -0.460 e. The van der Waals surface area contributed by atoms with E-state index < -0.39 is 11.4 Å². The topological polar surface area (TPSA) is 49.7 Å². The summed E-state index contributed by atoms with van der Waals surface area (Å²) in [6.07, 6.45) is 2.03. The molecule has 0 spiro atoms. The average Bonchev–Trinajstić information content (AvgIpc) is 3.10. The normalized spacial score (nSPS) is 19.9. The summed E-state index contributed by atoms with van der Waals surface area (Å²) in [6.45, 7) is 13.8. The summed E-state index contributed by atoms with van der Waals surface area (Å²) in [5, 5.41) is 1.16. The molecular formula is C31H40FNO4. The Labute approximate surface area is 219 Å². The Morgan fingerprint density at radius 1 is 1.08 bits per heavy atom. The lowest BCUT2D eigenvalue weighted by Gasteiger charge is -2.41. The molecule has 37 heavy (non-hydrogen) atoms. The molecule has 1 saturated heterocycles. The number of aromatic nitrogens is 1. The molecule has 0 N–H and O–H groups in total. The SMILES string of the molecule is CC(C)n1c(CC[C@@H]2C[C@H](CC(=O)OC(C)(C)C)OC(C)(C)O2)c(-c2ccc(F)cc2)c2ccccc21. The van der Waals surface area contributed by atoms with Crippen molar-refractivity contribution >= 4 is 16.9 Å². The molecule has 0 amide bonds. The first-order valence-corrected chi connectivity index (χ1v) is 13.3. The number of carbonyl (C=O) groups is 1. The second-order valence-corrected chi connectivity index (χ2v) is 11.8. The molecule has 1 aliphatic heterocycles. The molecule has 0 bridgehead atoms. The van der Waals surface area contributed by atoms with Gasteiger partial charge in [-0.25, -0.2) is 4.39 Å². The molecule has 4 rings (SSSR count). The number of benzene rings is 2. The fourth-order valence-corrected chi connectivity index (χ4v) is 5.48. The second kappa shape index (κ2) is 10.6. The van der Waals surface area contributed by atoms with E-state index in [0.717, 1.165) is 29.4 Å². The molecule has 6 heteroatoms. The van der Waals surface area contributed by atoms with Crippen LogP contribution < -0.4 is 0 Å². The summed E-state index contributed by atoms with van der Waals surface area (Å²) < 4.78 is 34.1. The summed E-state index contributed by atoms with van der Waals surface area (Å²) in [4.78, 5) is 12.5. The van der Waals surface area contributed by atoms with Gasteiger partial charge in [0, 0.05) is 34.6 Å². The minimum absolute atomic E-state index is 0.0733. The van der Waals surface area contributed by atoms with Crippen LogP contribution >= 0.6 is 0 Å². The molecular weight excluding hydrogens is 469 g/mol. The smallest absolute Gasteiger partial charge is 0.308 e. The lowest BCUT2D eigenvalue weighted by atomic mass is 9.96. The van der Waals surface area contributed by atoms with E-state index >= 15 is 0 Å². The van der Waals surface area contributed by atoms with Gasteiger partial charge in [-0.05, 0) is 85.1 Å². The third-order valence-corrected chi connectivity index (χ3v) is 6.61. The zero-order chi connectivity index (χ0) is 27.0. The molecule has 200 valence electrons. The van der Waals surface area contributed by atoms with E-state index in [-0.39, 0.29) is 36.5 Å². The number of para-hydroxylation sites is 1. The summed E-state index contributed by atoms with van der Waals surface area (Å²) in [5.74, 6) is -1.29. The summed E-state index contributed by atoms with van der Waals surface area (Å²) in [5.41, 5.74) is 3.99. The lowest BCUT2D eigenvalue weighted by Crippen LogP contribution is -2.45. The Bertz CT molecular complexity index is 1240. The Balaban J connectivity index is 1.62. The number of rotatable bonds is 7. The van der Waals surface area contributed by atoms with E-state index in [1.165, 1.54) is 23.3 Å². The van der Waals surface area contributed by atoms with Crippen LogP contribution in [0.4, 0.5) is 4.39 Å². The molecule has 3 aromatic rings. The van der Waals surface area contributed by atoms with Gasteiger partial charge in [0.25, 0.3) is 0 Å². The van der Waals surface area contributed by atoms with Crippen LogP contribution in [0.3, 0.4) is 0 Å². The molecule has 2 atom stereocenters. The first-order valence-electron chi connectivity index (χ1n) is 13.3. The number of fused-ring (bicyclic) bond motifs is 1. The van der Waals surface area contributed by atoms with Crippen molar-refractivity contribution in [3.63, 3.8) is 0 Å². The highest BCUT2D eigenvalue weighted by Gasteiger charge is 2.37. The van der Waals surface area contributed by atoms with Crippen LogP contribution in [0.15, 0.2) is 48.5 Å². The maximum absolute atomic E-state index is 13.8. The van der Waals surface area contributed by atoms with Gasteiger partial charge in [-0.2, -0.15) is 0 Å². The number of ether oxygens (including phenoxy) is 3. The third kappa shape index (κ3) is 6.60. The first-order chi connectivity index (χ1) is 17.3. The monoisotopic (exact) mass is 509 g/mol. The molecule has 1 aromatic heterocycles. The van der Waals surface area contributed by atoms with Crippen molar-refractivity contribution in [3.8, 4) is 11.1 Å². The molecule has 2 aromatic carbocycles. The van der Waals surface area contributed by atoms with Crippen LogP contribution in [0, 0.1) is 5.82 Å². The van der Waals surface area contributed by atoms with Gasteiger partial charge >= 0.3 is 5.97 Å². The third-order valence-electron chi connectivity index (χ3n) is 6.61. The van der Waals surface area contributed by atoms with Crippen LogP contribution in [0.2, 0.25) is 0 Å². The molecule has 1 fully saturated rings. The summed E-state index contributed by atoms with van der Waals surface area (Å²) in [7, 11) is 0. The average molecular weight is 510 g/mol. The molecule has 0 unspecified atom stereocenters. The highest BCUT2D eigenvalue weighted by atomic mass is 19.1.